The van der Waals surface area contributed by atoms with Crippen molar-refractivity contribution in [1.29, 1.82) is 0 Å². The molecular formula is C9H14. The molecule has 0 amide bonds. The van der Waals surface area contributed by atoms with Crippen molar-refractivity contribution < 1.29 is 0 Å². The Kier molecular flexibility index (Phi) is 1.81. The van der Waals surface area contributed by atoms with Crippen molar-refractivity contribution in [2.45, 2.75) is 27.2 Å². The third-order valence-electron chi connectivity index (χ3n) is 2.02. The quantitative estimate of drug-likeness (QED) is 0.468. The molecule has 0 nitrogen and oxygen atoms in total. The highest BCUT2D eigenvalue weighted by Gasteiger charge is 2.20. The Morgan fingerprint density at radius 1 is 1.44 bits per heavy atom. The van der Waals surface area contributed by atoms with E-state index in [1.807, 2.05) is 0 Å². The van der Waals surface area contributed by atoms with E-state index in [-0.39, 0.29) is 0 Å². The summed E-state index contributed by atoms with van der Waals surface area (Å²) >= 11 is 0. The van der Waals surface area contributed by atoms with Gasteiger partial charge in [0.15, 0.2) is 0 Å². The predicted molar refractivity (Wildman–Crippen MR) is 39.9 cm³/mol. The minimum atomic E-state index is 0.671. The zero-order valence-corrected chi connectivity index (χ0v) is 6.44. The number of hydrogen-bond donors (Lipinski definition) is 0. The normalized spacial score (nSPS) is 32.4. The molecule has 1 aliphatic rings. The maximum Gasteiger partial charge on any atom is 0.0260 e. The topological polar surface area (TPSA) is 0 Å². The van der Waals surface area contributed by atoms with Crippen LogP contribution >= 0.6 is 0 Å². The van der Waals surface area contributed by atoms with E-state index >= 15 is 0 Å². The third-order valence-corrected chi connectivity index (χ3v) is 2.02. The molecule has 2 atom stereocenters. The van der Waals surface area contributed by atoms with Gasteiger partial charge in [-0.15, -0.1) is 5.92 Å². The molecule has 9 heavy (non-hydrogen) atoms. The molecule has 0 aromatic carbocycles. The lowest BCUT2D eigenvalue weighted by atomic mass is 9.87. The van der Waals surface area contributed by atoms with Gasteiger partial charge in [-0.3, -0.25) is 0 Å². The van der Waals surface area contributed by atoms with Gasteiger partial charge in [0.25, 0.3) is 0 Å². The molecule has 0 spiro atoms. The first-order chi connectivity index (χ1) is 4.22. The standard InChI is InChI=1S/C9H14/c1-7(2)9-6-4-5-8(9)3/h7-9H,5H2,1-3H3. The van der Waals surface area contributed by atoms with Crippen LogP contribution in [0.4, 0.5) is 0 Å². The van der Waals surface area contributed by atoms with E-state index in [1.165, 1.54) is 0 Å². The highest BCUT2D eigenvalue weighted by Crippen LogP contribution is 2.25. The van der Waals surface area contributed by atoms with Crippen LogP contribution in [0, 0.1) is 29.6 Å². The van der Waals surface area contributed by atoms with Crippen LogP contribution in [0.3, 0.4) is 0 Å². The van der Waals surface area contributed by atoms with Crippen molar-refractivity contribution in [1.82, 2.24) is 0 Å². The zero-order chi connectivity index (χ0) is 6.85. The molecule has 0 heterocycles. The van der Waals surface area contributed by atoms with Gasteiger partial charge in [-0.1, -0.05) is 26.7 Å². The van der Waals surface area contributed by atoms with Crippen LogP contribution in [0.15, 0.2) is 0 Å². The summed E-state index contributed by atoms with van der Waals surface area (Å²) in [4.78, 5) is 0. The fourth-order valence-electron chi connectivity index (χ4n) is 1.43. The molecule has 0 aromatic heterocycles. The molecule has 0 heteroatoms. The van der Waals surface area contributed by atoms with Gasteiger partial charge in [0.05, 0.1) is 0 Å². The molecule has 0 radical (unpaired) electrons. The highest BCUT2D eigenvalue weighted by molar-refractivity contribution is 5.13. The molecule has 0 aromatic rings. The summed E-state index contributed by atoms with van der Waals surface area (Å²) in [6, 6.07) is 0. The van der Waals surface area contributed by atoms with E-state index in [4.69, 9.17) is 0 Å². The lowest BCUT2D eigenvalue weighted by molar-refractivity contribution is 0.365. The first-order valence-electron chi connectivity index (χ1n) is 3.70. The van der Waals surface area contributed by atoms with E-state index in [0.29, 0.717) is 5.92 Å². The Morgan fingerprint density at radius 2 is 2.11 bits per heavy atom. The van der Waals surface area contributed by atoms with Gasteiger partial charge in [-0.2, -0.15) is 0 Å². The van der Waals surface area contributed by atoms with Gasteiger partial charge in [-0.05, 0) is 11.8 Å². The van der Waals surface area contributed by atoms with Crippen LogP contribution < -0.4 is 0 Å². The van der Waals surface area contributed by atoms with Crippen molar-refractivity contribution in [3.05, 3.63) is 0 Å². The molecule has 2 unspecified atom stereocenters. The van der Waals surface area contributed by atoms with Crippen LogP contribution in [-0.2, 0) is 0 Å². The Bertz CT molecular complexity index is 145. The highest BCUT2D eigenvalue weighted by atomic mass is 14.2. The van der Waals surface area contributed by atoms with Gasteiger partial charge in [-0.25, -0.2) is 0 Å². The van der Waals surface area contributed by atoms with Gasteiger partial charge in [0.2, 0.25) is 0 Å². The minimum Gasteiger partial charge on any atom is -0.103 e. The summed E-state index contributed by atoms with van der Waals surface area (Å²) in [7, 11) is 0. The monoisotopic (exact) mass is 122 g/mol. The van der Waals surface area contributed by atoms with Gasteiger partial charge in [0.1, 0.15) is 0 Å². The Morgan fingerprint density at radius 3 is 2.33 bits per heavy atom. The molecule has 0 bridgehead atoms. The van der Waals surface area contributed by atoms with E-state index in [9.17, 15) is 0 Å². The van der Waals surface area contributed by atoms with E-state index in [1.54, 1.807) is 0 Å². The molecule has 50 valence electrons. The van der Waals surface area contributed by atoms with Crippen LogP contribution in [0.25, 0.3) is 0 Å². The SMILES string of the molecule is CC(C)C1C#CCC1C. The summed E-state index contributed by atoms with van der Waals surface area (Å²) in [6.45, 7) is 6.78. The molecule has 1 aliphatic carbocycles. The van der Waals surface area contributed by atoms with Crippen molar-refractivity contribution in [2.75, 3.05) is 0 Å². The fourth-order valence-corrected chi connectivity index (χ4v) is 1.43. The summed E-state index contributed by atoms with van der Waals surface area (Å²) in [5.74, 6) is 8.61. The number of rotatable bonds is 1. The minimum absolute atomic E-state index is 0.671. The summed E-state index contributed by atoms with van der Waals surface area (Å²) < 4.78 is 0. The summed E-state index contributed by atoms with van der Waals surface area (Å²) in [5.41, 5.74) is 0. The summed E-state index contributed by atoms with van der Waals surface area (Å²) in [5, 5.41) is 0. The first-order valence-corrected chi connectivity index (χ1v) is 3.70. The van der Waals surface area contributed by atoms with Gasteiger partial charge < -0.3 is 0 Å². The third kappa shape index (κ3) is 1.27. The molecule has 0 N–H and O–H groups in total. The summed E-state index contributed by atoms with van der Waals surface area (Å²) in [6.07, 6.45) is 1.11. The molecule has 1 rings (SSSR count). The van der Waals surface area contributed by atoms with E-state index in [2.05, 4.69) is 32.6 Å². The maximum atomic E-state index is 3.26. The van der Waals surface area contributed by atoms with Crippen molar-refractivity contribution >= 4 is 0 Å². The second kappa shape index (κ2) is 2.43. The van der Waals surface area contributed by atoms with Crippen LogP contribution in [0.2, 0.25) is 0 Å². The lowest BCUT2D eigenvalue weighted by Crippen LogP contribution is -2.11. The second-order valence-corrected chi connectivity index (χ2v) is 3.27. The van der Waals surface area contributed by atoms with Gasteiger partial charge in [0, 0.05) is 12.3 Å². The molecule has 0 fully saturated rings. The fraction of sp³-hybridized carbons (Fsp3) is 0.778. The average Bonchev–Trinajstić information content (AvgIpc) is 2.13. The predicted octanol–water partition coefficient (Wildman–Crippen LogP) is 2.30. The smallest absolute Gasteiger partial charge is 0.0260 e. The first kappa shape index (κ1) is 6.68. The van der Waals surface area contributed by atoms with Crippen LogP contribution in [-0.4, -0.2) is 0 Å². The molecule has 0 saturated heterocycles. The van der Waals surface area contributed by atoms with Crippen molar-refractivity contribution in [3.8, 4) is 11.8 Å². The molecule has 0 saturated carbocycles. The molecule has 0 aliphatic heterocycles. The van der Waals surface area contributed by atoms with Gasteiger partial charge >= 0.3 is 0 Å². The Hall–Kier alpha value is -0.440. The molecular weight excluding hydrogens is 108 g/mol. The van der Waals surface area contributed by atoms with Crippen LogP contribution in [0.1, 0.15) is 27.2 Å². The van der Waals surface area contributed by atoms with E-state index < -0.39 is 0 Å². The Labute approximate surface area is 57.7 Å². The van der Waals surface area contributed by atoms with E-state index in [0.717, 1.165) is 18.3 Å². The number of hydrogen-bond acceptors (Lipinski definition) is 0. The zero-order valence-electron chi connectivity index (χ0n) is 6.44. The second-order valence-electron chi connectivity index (χ2n) is 3.27. The van der Waals surface area contributed by atoms with Crippen LogP contribution in [0.5, 0.6) is 0 Å². The lowest BCUT2D eigenvalue weighted by Gasteiger charge is -2.16. The largest absolute Gasteiger partial charge is 0.103 e. The van der Waals surface area contributed by atoms with Crippen molar-refractivity contribution in [3.63, 3.8) is 0 Å². The maximum absolute atomic E-state index is 3.26. The van der Waals surface area contributed by atoms with Crippen molar-refractivity contribution in [2.24, 2.45) is 17.8 Å². The Balaban J connectivity index is 2.52. The average molecular weight is 122 g/mol.